The first-order chi connectivity index (χ1) is 13.7. The number of thioether (sulfide) groups is 1. The summed E-state index contributed by atoms with van der Waals surface area (Å²) in [7, 11) is 0. The zero-order chi connectivity index (χ0) is 21.0. The molecule has 0 aromatic rings. The molecular formula is C19H29N5O4S. The monoisotopic (exact) mass is 423 g/mol. The van der Waals surface area contributed by atoms with Gasteiger partial charge in [0.25, 0.3) is 0 Å². The van der Waals surface area contributed by atoms with Crippen LogP contribution in [0.15, 0.2) is 15.6 Å². The van der Waals surface area contributed by atoms with Gasteiger partial charge in [-0.2, -0.15) is 0 Å². The summed E-state index contributed by atoms with van der Waals surface area (Å²) in [6.07, 6.45) is 2.16. The second-order valence-corrected chi connectivity index (χ2v) is 9.97. The van der Waals surface area contributed by atoms with Crippen LogP contribution in [0.2, 0.25) is 0 Å². The third-order valence-electron chi connectivity index (χ3n) is 6.72. The molecule has 29 heavy (non-hydrogen) atoms. The third-order valence-corrected chi connectivity index (χ3v) is 8.25. The van der Waals surface area contributed by atoms with Crippen molar-refractivity contribution in [1.29, 1.82) is 0 Å². The fourth-order valence-corrected chi connectivity index (χ4v) is 6.85. The largest absolute Gasteiger partial charge is 0.477 e. The number of nitrogens with zero attached hydrogens (tertiary/aromatic N) is 3. The Morgan fingerprint density at radius 2 is 2.03 bits per heavy atom. The van der Waals surface area contributed by atoms with E-state index in [0.29, 0.717) is 11.3 Å². The van der Waals surface area contributed by atoms with E-state index in [2.05, 4.69) is 9.89 Å². The molecule has 1 aliphatic carbocycles. The molecule has 1 saturated carbocycles. The number of aliphatic carboxylic acids is 1. The fraction of sp³-hybridized carbons (Fsp3) is 0.737. The normalized spacial score (nSPS) is 37.8. The van der Waals surface area contributed by atoms with E-state index in [1.807, 2.05) is 6.92 Å². The number of aliphatic hydroxyl groups is 1. The highest BCUT2D eigenvalue weighted by molar-refractivity contribution is 8.03. The summed E-state index contributed by atoms with van der Waals surface area (Å²) in [6, 6.07) is 0.391. The summed E-state index contributed by atoms with van der Waals surface area (Å²) < 4.78 is 0. The Hall–Kier alpha value is -1.78. The number of likely N-dealkylation sites (tertiary alicyclic amines) is 1. The maximum absolute atomic E-state index is 12.4. The van der Waals surface area contributed by atoms with Gasteiger partial charge in [0.05, 0.1) is 24.1 Å². The molecule has 10 heteroatoms. The van der Waals surface area contributed by atoms with E-state index in [9.17, 15) is 19.8 Å². The number of aliphatic imine (C=N–C) groups is 1. The minimum Gasteiger partial charge on any atom is -0.477 e. The molecule has 9 nitrogen and oxygen atoms in total. The van der Waals surface area contributed by atoms with Gasteiger partial charge in [-0.3, -0.25) is 9.69 Å². The maximum atomic E-state index is 12.4. The van der Waals surface area contributed by atoms with Gasteiger partial charge in [0.2, 0.25) is 5.91 Å². The number of carbonyl (C=O) groups is 2. The molecule has 0 radical (unpaired) electrons. The maximum Gasteiger partial charge on any atom is 0.353 e. The van der Waals surface area contributed by atoms with Crippen molar-refractivity contribution in [2.75, 3.05) is 13.1 Å². The van der Waals surface area contributed by atoms with Crippen LogP contribution < -0.4 is 11.5 Å². The van der Waals surface area contributed by atoms with Crippen LogP contribution >= 0.6 is 11.8 Å². The molecule has 4 rings (SSSR count). The third kappa shape index (κ3) is 3.40. The lowest BCUT2D eigenvalue weighted by molar-refractivity contribution is -0.163. The topological polar surface area (TPSA) is 145 Å². The fourth-order valence-electron chi connectivity index (χ4n) is 5.21. The van der Waals surface area contributed by atoms with Crippen LogP contribution in [0.1, 0.15) is 33.1 Å². The second kappa shape index (κ2) is 7.48. The first-order valence-corrected chi connectivity index (χ1v) is 11.0. The molecule has 160 valence electrons. The smallest absolute Gasteiger partial charge is 0.353 e. The Balaban J connectivity index is 1.39. The average molecular weight is 424 g/mol. The van der Waals surface area contributed by atoms with Gasteiger partial charge in [0.1, 0.15) is 5.70 Å². The van der Waals surface area contributed by atoms with Crippen molar-refractivity contribution in [2.24, 2.45) is 28.3 Å². The molecule has 4 aliphatic rings. The van der Waals surface area contributed by atoms with E-state index < -0.39 is 18.0 Å². The van der Waals surface area contributed by atoms with Crippen molar-refractivity contribution in [3.8, 4) is 0 Å². The first-order valence-electron chi connectivity index (χ1n) is 10.2. The molecule has 2 saturated heterocycles. The van der Waals surface area contributed by atoms with Gasteiger partial charge in [-0.25, -0.2) is 9.79 Å². The van der Waals surface area contributed by atoms with Crippen LogP contribution in [0.3, 0.4) is 0 Å². The quantitative estimate of drug-likeness (QED) is 0.260. The Morgan fingerprint density at radius 1 is 1.34 bits per heavy atom. The van der Waals surface area contributed by atoms with Gasteiger partial charge in [-0.05, 0) is 26.2 Å². The summed E-state index contributed by atoms with van der Waals surface area (Å²) in [6.45, 7) is 5.40. The number of β-lactam (4-membered cyclic amide) rings is 1. The van der Waals surface area contributed by atoms with Crippen LogP contribution in [-0.2, 0) is 9.59 Å². The first kappa shape index (κ1) is 20.5. The van der Waals surface area contributed by atoms with Gasteiger partial charge in [-0.1, -0.05) is 6.92 Å². The van der Waals surface area contributed by atoms with Gasteiger partial charge >= 0.3 is 5.97 Å². The van der Waals surface area contributed by atoms with E-state index in [0.717, 1.165) is 37.3 Å². The molecule has 0 bridgehead atoms. The number of hydrogen-bond acceptors (Lipinski definition) is 6. The Morgan fingerprint density at radius 3 is 2.62 bits per heavy atom. The SMILES string of the molecule is C[C@@H](O)[C@H]1C(=O)N2C(C(=O)O)=C(SC3CC(N4CC[C@@H](N=C(N)N)C4)C3)[C@H](C)[C@H]12. The van der Waals surface area contributed by atoms with Gasteiger partial charge in [-0.15, -0.1) is 11.8 Å². The van der Waals surface area contributed by atoms with Gasteiger partial charge in [0, 0.05) is 35.2 Å². The van der Waals surface area contributed by atoms with Crippen molar-refractivity contribution in [3.63, 3.8) is 0 Å². The van der Waals surface area contributed by atoms with Crippen molar-refractivity contribution in [2.45, 2.75) is 62.6 Å². The standard InChI is InChI=1S/C19H29N5O4S/c1-8-14-13(9(2)25)17(26)24(14)15(18(27)28)16(8)29-12-5-11(6-12)23-4-3-10(7-23)22-19(20)21/h8-14,25H,3-7H2,1-2H3,(H,27,28)(H4,20,21,22)/t8-,9-,10-,11?,12?,13-,14-/m1/s1. The molecule has 0 unspecified atom stereocenters. The molecule has 3 heterocycles. The number of carboxylic acid groups (broad SMARTS) is 1. The van der Waals surface area contributed by atoms with Gasteiger partial charge in [0.15, 0.2) is 5.96 Å². The zero-order valence-electron chi connectivity index (χ0n) is 16.7. The van der Waals surface area contributed by atoms with E-state index in [1.54, 1.807) is 18.7 Å². The van der Waals surface area contributed by atoms with Crippen LogP contribution in [0.5, 0.6) is 0 Å². The lowest BCUT2D eigenvalue weighted by Gasteiger charge is -2.46. The van der Waals surface area contributed by atoms with Gasteiger partial charge < -0.3 is 26.6 Å². The van der Waals surface area contributed by atoms with Crippen LogP contribution in [0.25, 0.3) is 0 Å². The number of carboxylic acids is 1. The van der Waals surface area contributed by atoms with Crippen LogP contribution in [-0.4, -0.2) is 80.4 Å². The van der Waals surface area contributed by atoms with E-state index in [1.165, 1.54) is 4.90 Å². The Kier molecular flexibility index (Phi) is 5.28. The molecule has 0 spiro atoms. The highest BCUT2D eigenvalue weighted by Crippen LogP contribution is 2.53. The molecule has 0 aromatic heterocycles. The van der Waals surface area contributed by atoms with Crippen molar-refractivity contribution in [3.05, 3.63) is 10.6 Å². The Labute approximate surface area is 174 Å². The van der Waals surface area contributed by atoms with Crippen LogP contribution in [0.4, 0.5) is 0 Å². The minimum absolute atomic E-state index is 0.0690. The highest BCUT2D eigenvalue weighted by Gasteiger charge is 2.60. The minimum atomic E-state index is -1.06. The molecule has 1 amide bonds. The number of amides is 1. The van der Waals surface area contributed by atoms with Crippen molar-refractivity contribution >= 4 is 29.6 Å². The molecule has 3 fully saturated rings. The summed E-state index contributed by atoms with van der Waals surface area (Å²) in [5.41, 5.74) is 11.1. The predicted octanol–water partition coefficient (Wildman–Crippen LogP) is -0.248. The average Bonchev–Trinajstić information content (AvgIpc) is 3.11. The number of fused-ring (bicyclic) bond motifs is 1. The summed E-state index contributed by atoms with van der Waals surface area (Å²) in [5, 5.41) is 20.0. The lowest BCUT2D eigenvalue weighted by atomic mass is 9.79. The highest BCUT2D eigenvalue weighted by atomic mass is 32.2. The predicted molar refractivity (Wildman–Crippen MR) is 110 cm³/mol. The van der Waals surface area contributed by atoms with Crippen molar-refractivity contribution in [1.82, 2.24) is 9.80 Å². The number of nitrogens with two attached hydrogens (primary N) is 2. The van der Waals surface area contributed by atoms with E-state index in [-0.39, 0.29) is 35.6 Å². The lowest BCUT2D eigenvalue weighted by Crippen LogP contribution is -2.63. The van der Waals surface area contributed by atoms with E-state index >= 15 is 0 Å². The number of guanidine groups is 1. The summed E-state index contributed by atoms with van der Waals surface area (Å²) in [5.74, 6) is -1.78. The van der Waals surface area contributed by atoms with E-state index in [4.69, 9.17) is 11.5 Å². The van der Waals surface area contributed by atoms with Crippen LogP contribution in [0, 0.1) is 11.8 Å². The number of rotatable bonds is 6. The number of hydrogen-bond donors (Lipinski definition) is 4. The van der Waals surface area contributed by atoms with Crippen molar-refractivity contribution < 1.29 is 19.8 Å². The molecule has 6 N–H and O–H groups in total. The molecule has 5 atom stereocenters. The number of aliphatic hydroxyl groups excluding tert-OH is 1. The number of carbonyl (C=O) groups excluding carboxylic acids is 1. The molecule has 3 aliphatic heterocycles. The second-order valence-electron chi connectivity index (χ2n) is 8.63. The molecular weight excluding hydrogens is 394 g/mol. The summed E-state index contributed by atoms with van der Waals surface area (Å²) >= 11 is 1.60. The zero-order valence-corrected chi connectivity index (χ0v) is 17.5. The summed E-state index contributed by atoms with van der Waals surface area (Å²) in [4.78, 5) is 33.1. The molecule has 0 aromatic carbocycles. The Bertz CT molecular complexity index is 775.